The molecule has 4 aromatic rings. The van der Waals surface area contributed by atoms with E-state index in [0.717, 1.165) is 0 Å². The van der Waals surface area contributed by atoms with E-state index in [1.807, 2.05) is 0 Å². The van der Waals surface area contributed by atoms with E-state index in [4.69, 9.17) is 35.3 Å². The van der Waals surface area contributed by atoms with Crippen LogP contribution in [0.25, 0.3) is 0 Å². The quantitative estimate of drug-likeness (QED) is 0.137. The van der Waals surface area contributed by atoms with Gasteiger partial charge in [-0.2, -0.15) is 0 Å². The molecule has 1 fully saturated rings. The lowest BCUT2D eigenvalue weighted by atomic mass is 9.98. The van der Waals surface area contributed by atoms with Gasteiger partial charge in [-0.15, -0.1) is 0 Å². The van der Waals surface area contributed by atoms with Gasteiger partial charge >= 0.3 is 23.9 Å². The molecule has 5 rings (SSSR count). The average Bonchev–Trinajstić information content (AvgIpc) is 3.07. The van der Waals surface area contributed by atoms with Gasteiger partial charge in [0.05, 0.1) is 22.3 Å². The predicted molar refractivity (Wildman–Crippen MR) is 158 cm³/mol. The second-order valence-corrected chi connectivity index (χ2v) is 10.1. The third kappa shape index (κ3) is 7.50. The molecule has 0 aliphatic carbocycles. The Hall–Kier alpha value is -4.99. The summed E-state index contributed by atoms with van der Waals surface area (Å²) in [6.45, 7) is -0.428. The molecule has 5 atom stereocenters. The van der Waals surface area contributed by atoms with Crippen molar-refractivity contribution in [1.29, 1.82) is 0 Å². The molecule has 0 N–H and O–H groups in total. The van der Waals surface area contributed by atoms with Crippen LogP contribution >= 0.6 is 11.6 Å². The molecule has 0 saturated carbocycles. The molecule has 9 nitrogen and oxygen atoms in total. The smallest absolute Gasteiger partial charge is 0.338 e. The second kappa shape index (κ2) is 14.5. The average molecular weight is 615 g/mol. The van der Waals surface area contributed by atoms with E-state index in [0.29, 0.717) is 0 Å². The summed E-state index contributed by atoms with van der Waals surface area (Å²) in [6.07, 6.45) is -5.51. The first kappa shape index (κ1) is 30.5. The zero-order valence-electron chi connectivity index (χ0n) is 23.2. The van der Waals surface area contributed by atoms with E-state index in [2.05, 4.69) is 0 Å². The van der Waals surface area contributed by atoms with E-state index >= 15 is 0 Å². The normalized spacial score (nSPS) is 21.0. The highest BCUT2D eigenvalue weighted by atomic mass is 35.5. The SMILES string of the molecule is O=C(OC[C@H]1O[C@@H](Cl)[C@H](OC(=O)c2ccccc2)[C@@H](OC(=O)c2ccccc2)[C@@H]1OC(=O)c1ccccc1)c1ccccc1. The van der Waals surface area contributed by atoms with Crippen molar-refractivity contribution in [1.82, 2.24) is 0 Å². The van der Waals surface area contributed by atoms with Crippen LogP contribution in [0.4, 0.5) is 0 Å². The van der Waals surface area contributed by atoms with Gasteiger partial charge in [-0.25, -0.2) is 19.2 Å². The Morgan fingerprint density at radius 2 is 0.841 bits per heavy atom. The van der Waals surface area contributed by atoms with Crippen molar-refractivity contribution < 1.29 is 42.9 Å². The van der Waals surface area contributed by atoms with Crippen molar-refractivity contribution >= 4 is 35.5 Å². The molecular formula is C34H27ClO9. The number of halogens is 1. The van der Waals surface area contributed by atoms with Crippen LogP contribution < -0.4 is 0 Å². The first-order chi connectivity index (χ1) is 21.4. The fourth-order valence-electron chi connectivity index (χ4n) is 4.51. The maximum absolute atomic E-state index is 13.3. The highest BCUT2D eigenvalue weighted by Crippen LogP contribution is 2.32. The molecular weight excluding hydrogens is 588 g/mol. The van der Waals surface area contributed by atoms with Crippen molar-refractivity contribution in [3.8, 4) is 0 Å². The molecule has 4 aromatic carbocycles. The minimum absolute atomic E-state index is 0.193. The van der Waals surface area contributed by atoms with Gasteiger partial charge in [0, 0.05) is 0 Å². The Morgan fingerprint density at radius 1 is 0.500 bits per heavy atom. The van der Waals surface area contributed by atoms with Crippen LogP contribution in [0.15, 0.2) is 121 Å². The minimum atomic E-state index is -1.46. The van der Waals surface area contributed by atoms with Crippen molar-refractivity contribution in [3.63, 3.8) is 0 Å². The summed E-state index contributed by atoms with van der Waals surface area (Å²) in [5, 5.41) is 0. The zero-order valence-corrected chi connectivity index (χ0v) is 23.9. The summed E-state index contributed by atoms with van der Waals surface area (Å²) in [5.41, 5.74) is -0.500. The molecule has 0 aromatic heterocycles. The van der Waals surface area contributed by atoms with Crippen molar-refractivity contribution in [3.05, 3.63) is 144 Å². The lowest BCUT2D eigenvalue weighted by Crippen LogP contribution is -2.61. The number of esters is 4. The van der Waals surface area contributed by atoms with Crippen molar-refractivity contribution in [2.75, 3.05) is 6.61 Å². The van der Waals surface area contributed by atoms with Crippen LogP contribution in [0.3, 0.4) is 0 Å². The molecule has 1 saturated heterocycles. The number of hydrogen-bond acceptors (Lipinski definition) is 9. The summed E-state index contributed by atoms with van der Waals surface area (Å²) in [5.74, 6) is -3.00. The van der Waals surface area contributed by atoms with E-state index < -0.39 is 60.5 Å². The zero-order chi connectivity index (χ0) is 30.9. The fraction of sp³-hybridized carbons (Fsp3) is 0.176. The highest BCUT2D eigenvalue weighted by Gasteiger charge is 2.52. The molecule has 0 unspecified atom stereocenters. The molecule has 44 heavy (non-hydrogen) atoms. The Balaban J connectivity index is 1.48. The molecule has 0 spiro atoms. The largest absolute Gasteiger partial charge is 0.459 e. The predicted octanol–water partition coefficient (Wildman–Crippen LogP) is 5.48. The van der Waals surface area contributed by atoms with Gasteiger partial charge in [0.1, 0.15) is 12.7 Å². The van der Waals surface area contributed by atoms with Gasteiger partial charge in [-0.3, -0.25) is 0 Å². The van der Waals surface area contributed by atoms with Gasteiger partial charge in [0.2, 0.25) is 0 Å². The second-order valence-electron chi connectivity index (χ2n) is 9.70. The lowest BCUT2D eigenvalue weighted by molar-refractivity contribution is -0.209. The van der Waals surface area contributed by atoms with Gasteiger partial charge in [-0.1, -0.05) is 84.4 Å². The number of carbonyl (C=O) groups excluding carboxylic acids is 4. The topological polar surface area (TPSA) is 114 Å². The van der Waals surface area contributed by atoms with Crippen LogP contribution in [-0.4, -0.2) is 60.5 Å². The monoisotopic (exact) mass is 614 g/mol. The molecule has 0 radical (unpaired) electrons. The van der Waals surface area contributed by atoms with Crippen LogP contribution in [0.5, 0.6) is 0 Å². The number of alkyl halides is 1. The maximum atomic E-state index is 13.3. The summed E-state index contributed by atoms with van der Waals surface area (Å²) in [4.78, 5) is 52.5. The summed E-state index contributed by atoms with van der Waals surface area (Å²) in [7, 11) is 0. The molecule has 1 aliphatic heterocycles. The number of carbonyl (C=O) groups is 4. The number of hydrogen-bond donors (Lipinski definition) is 0. The van der Waals surface area contributed by atoms with Crippen LogP contribution in [-0.2, 0) is 23.7 Å². The van der Waals surface area contributed by atoms with E-state index in [-0.39, 0.29) is 22.3 Å². The summed E-state index contributed by atoms with van der Waals surface area (Å²) < 4.78 is 28.9. The Morgan fingerprint density at radius 3 is 1.25 bits per heavy atom. The maximum Gasteiger partial charge on any atom is 0.338 e. The van der Waals surface area contributed by atoms with Gasteiger partial charge < -0.3 is 23.7 Å². The van der Waals surface area contributed by atoms with E-state index in [9.17, 15) is 19.2 Å². The first-order valence-electron chi connectivity index (χ1n) is 13.7. The molecule has 1 heterocycles. The van der Waals surface area contributed by atoms with Crippen LogP contribution in [0.1, 0.15) is 41.4 Å². The highest BCUT2D eigenvalue weighted by molar-refractivity contribution is 6.20. The molecule has 0 amide bonds. The standard InChI is InChI=1S/C34H27ClO9/c35-30-29(44-34(39)25-19-11-4-12-20-25)28(43-33(38)24-17-9-3-10-18-24)27(42-32(37)23-15-7-2-8-16-23)26(41-30)21-40-31(36)22-13-5-1-6-14-22/h1-20,26-30H,21H2/t26-,27-,28+,29-,30-/m1/s1. The van der Waals surface area contributed by atoms with E-state index in [1.165, 1.54) is 12.1 Å². The van der Waals surface area contributed by atoms with Crippen molar-refractivity contribution in [2.24, 2.45) is 0 Å². The minimum Gasteiger partial charge on any atom is -0.459 e. The van der Waals surface area contributed by atoms with Gasteiger partial charge in [0.25, 0.3) is 0 Å². The fourth-order valence-corrected chi connectivity index (χ4v) is 4.84. The van der Waals surface area contributed by atoms with Crippen LogP contribution in [0.2, 0.25) is 0 Å². The van der Waals surface area contributed by atoms with Gasteiger partial charge in [-0.05, 0) is 48.5 Å². The van der Waals surface area contributed by atoms with E-state index in [1.54, 1.807) is 109 Å². The molecule has 1 aliphatic rings. The van der Waals surface area contributed by atoms with Gasteiger partial charge in [0.15, 0.2) is 23.9 Å². The molecule has 224 valence electrons. The third-order valence-corrected chi connectivity index (χ3v) is 7.07. The number of rotatable bonds is 9. The molecule has 10 heteroatoms. The number of benzene rings is 4. The summed E-state index contributed by atoms with van der Waals surface area (Å²) in [6, 6.07) is 32.6. The Kier molecular flexibility index (Phi) is 10.0. The Labute approximate surface area is 258 Å². The Bertz CT molecular complexity index is 1570. The van der Waals surface area contributed by atoms with Crippen molar-refractivity contribution in [2.45, 2.75) is 30.0 Å². The lowest BCUT2D eigenvalue weighted by Gasteiger charge is -2.42. The van der Waals surface area contributed by atoms with Crippen LogP contribution in [0, 0.1) is 0 Å². The third-order valence-electron chi connectivity index (χ3n) is 6.72. The molecule has 0 bridgehead atoms. The first-order valence-corrected chi connectivity index (χ1v) is 14.1. The number of ether oxygens (including phenoxy) is 5. The summed E-state index contributed by atoms with van der Waals surface area (Å²) >= 11 is 6.61.